The maximum atomic E-state index is 12.2. The van der Waals surface area contributed by atoms with Crippen LogP contribution in [0.3, 0.4) is 0 Å². The van der Waals surface area contributed by atoms with Crippen LogP contribution in [0.4, 0.5) is 0 Å². The van der Waals surface area contributed by atoms with Gasteiger partial charge < -0.3 is 15.1 Å². The molecule has 1 fully saturated rings. The van der Waals surface area contributed by atoms with E-state index in [1.165, 1.54) is 11.1 Å². The van der Waals surface area contributed by atoms with Crippen LogP contribution in [0.25, 0.3) is 11.0 Å². The number of hydrogen-bond donors (Lipinski definition) is 2. The molecule has 2 N–H and O–H groups in total. The zero-order chi connectivity index (χ0) is 17.3. The Morgan fingerprint density at radius 2 is 2.21 bits per heavy atom. The fourth-order valence-corrected chi connectivity index (χ4v) is 3.31. The van der Waals surface area contributed by atoms with Gasteiger partial charge in [0.2, 0.25) is 11.8 Å². The summed E-state index contributed by atoms with van der Waals surface area (Å²) < 4.78 is 5.62. The molecular weight excluding hydrogens is 304 g/mol. The van der Waals surface area contributed by atoms with E-state index in [1.54, 1.807) is 6.26 Å². The number of nitrogens with one attached hydrogen (secondary N) is 2. The van der Waals surface area contributed by atoms with E-state index < -0.39 is 0 Å². The molecule has 5 nitrogen and oxygen atoms in total. The fraction of sp³-hybridized carbons (Fsp3) is 0.474. The van der Waals surface area contributed by atoms with E-state index in [4.69, 9.17) is 4.42 Å². The Hall–Kier alpha value is -2.30. The third-order valence-electron chi connectivity index (χ3n) is 4.65. The van der Waals surface area contributed by atoms with E-state index >= 15 is 0 Å². The maximum Gasteiger partial charge on any atom is 0.224 e. The molecule has 0 bridgehead atoms. The number of rotatable bonds is 5. The molecule has 1 atom stereocenters. The van der Waals surface area contributed by atoms with Gasteiger partial charge in [0.15, 0.2) is 0 Å². The van der Waals surface area contributed by atoms with Crippen molar-refractivity contribution < 1.29 is 14.0 Å². The number of furan rings is 1. The lowest BCUT2D eigenvalue weighted by atomic mass is 9.95. The number of hydrogen-bond acceptors (Lipinski definition) is 3. The zero-order valence-corrected chi connectivity index (χ0v) is 14.4. The summed E-state index contributed by atoms with van der Waals surface area (Å²) in [5.74, 6) is 0.439. The van der Waals surface area contributed by atoms with Crippen molar-refractivity contribution in [1.82, 2.24) is 10.6 Å². The molecule has 2 heterocycles. The minimum absolute atomic E-state index is 0.0504. The van der Waals surface area contributed by atoms with Crippen molar-refractivity contribution in [3.8, 4) is 0 Å². The Labute approximate surface area is 141 Å². The normalized spacial score (nSPS) is 17.5. The molecule has 24 heavy (non-hydrogen) atoms. The topological polar surface area (TPSA) is 71.3 Å². The molecule has 0 unspecified atom stereocenters. The average molecular weight is 328 g/mol. The van der Waals surface area contributed by atoms with Gasteiger partial charge in [-0.25, -0.2) is 0 Å². The first-order valence-corrected chi connectivity index (χ1v) is 8.50. The van der Waals surface area contributed by atoms with E-state index in [-0.39, 0.29) is 24.3 Å². The lowest BCUT2D eigenvalue weighted by molar-refractivity contribution is -0.121. The highest BCUT2D eigenvalue weighted by Gasteiger charge is 2.21. The molecule has 1 aromatic heterocycles. The van der Waals surface area contributed by atoms with Crippen molar-refractivity contribution in [2.45, 2.75) is 52.0 Å². The Bertz CT molecular complexity index is 776. The van der Waals surface area contributed by atoms with Gasteiger partial charge in [0, 0.05) is 30.0 Å². The van der Waals surface area contributed by atoms with Gasteiger partial charge in [0.05, 0.1) is 12.7 Å². The summed E-state index contributed by atoms with van der Waals surface area (Å²) in [7, 11) is 0. The molecule has 2 amide bonds. The van der Waals surface area contributed by atoms with Crippen LogP contribution < -0.4 is 10.6 Å². The summed E-state index contributed by atoms with van der Waals surface area (Å²) in [6.07, 6.45) is 3.29. The second-order valence-corrected chi connectivity index (χ2v) is 6.90. The second kappa shape index (κ2) is 6.67. The quantitative estimate of drug-likeness (QED) is 0.886. The lowest BCUT2D eigenvalue weighted by Gasteiger charge is -2.11. The van der Waals surface area contributed by atoms with E-state index in [0.29, 0.717) is 18.9 Å². The molecule has 0 aliphatic carbocycles. The SMILES string of the molecule is Cc1cc2occ(CC(=O)NC[C@H]3CCC(=O)N3)c2cc1C(C)C. The van der Waals surface area contributed by atoms with Gasteiger partial charge >= 0.3 is 0 Å². The molecule has 3 rings (SSSR count). The molecular formula is C19H24N2O3. The van der Waals surface area contributed by atoms with Crippen molar-refractivity contribution in [2.75, 3.05) is 6.54 Å². The van der Waals surface area contributed by atoms with E-state index in [0.717, 1.165) is 23.0 Å². The van der Waals surface area contributed by atoms with Crippen LogP contribution in [0.15, 0.2) is 22.8 Å². The van der Waals surface area contributed by atoms with Crippen molar-refractivity contribution >= 4 is 22.8 Å². The van der Waals surface area contributed by atoms with Crippen LogP contribution in [0.1, 0.15) is 49.3 Å². The van der Waals surface area contributed by atoms with Gasteiger partial charge in [-0.2, -0.15) is 0 Å². The molecule has 0 radical (unpaired) electrons. The summed E-state index contributed by atoms with van der Waals surface area (Å²) in [6, 6.07) is 4.23. The Morgan fingerprint density at radius 3 is 2.88 bits per heavy atom. The number of benzene rings is 1. The predicted octanol–water partition coefficient (Wildman–Crippen LogP) is 2.80. The molecule has 1 saturated heterocycles. The van der Waals surface area contributed by atoms with E-state index in [2.05, 4.69) is 37.5 Å². The first-order valence-electron chi connectivity index (χ1n) is 8.50. The first kappa shape index (κ1) is 16.6. The number of aryl methyl sites for hydroxylation is 1. The summed E-state index contributed by atoms with van der Waals surface area (Å²) >= 11 is 0. The third-order valence-corrected chi connectivity index (χ3v) is 4.65. The van der Waals surface area contributed by atoms with Gasteiger partial charge in [-0.1, -0.05) is 13.8 Å². The smallest absolute Gasteiger partial charge is 0.224 e. The summed E-state index contributed by atoms with van der Waals surface area (Å²) in [4.78, 5) is 23.4. The minimum atomic E-state index is -0.0504. The van der Waals surface area contributed by atoms with Crippen LogP contribution in [0, 0.1) is 6.92 Å². The highest BCUT2D eigenvalue weighted by molar-refractivity contribution is 5.88. The van der Waals surface area contributed by atoms with E-state index in [9.17, 15) is 9.59 Å². The van der Waals surface area contributed by atoms with Gasteiger partial charge in [0.25, 0.3) is 0 Å². The molecule has 1 aliphatic rings. The number of carbonyl (C=O) groups is 2. The molecule has 1 aliphatic heterocycles. The van der Waals surface area contributed by atoms with Crippen molar-refractivity contribution in [1.29, 1.82) is 0 Å². The highest BCUT2D eigenvalue weighted by atomic mass is 16.3. The van der Waals surface area contributed by atoms with E-state index in [1.807, 2.05) is 6.07 Å². The average Bonchev–Trinajstić information content (AvgIpc) is 3.10. The van der Waals surface area contributed by atoms with Crippen LogP contribution in [0.5, 0.6) is 0 Å². The Balaban J connectivity index is 1.69. The molecule has 2 aromatic rings. The predicted molar refractivity (Wildman–Crippen MR) is 92.9 cm³/mol. The molecule has 5 heteroatoms. The Kier molecular flexibility index (Phi) is 4.60. The number of amides is 2. The molecule has 0 spiro atoms. The molecule has 1 aromatic carbocycles. The standard InChI is InChI=1S/C19H24N2O3/c1-11(2)15-8-16-13(10-24-17(16)6-12(15)3)7-19(23)20-9-14-4-5-18(22)21-14/h6,8,10-11,14H,4-5,7,9H2,1-3H3,(H,20,23)(H,21,22)/t14-/m1/s1. The van der Waals surface area contributed by atoms with Crippen molar-refractivity contribution in [3.05, 3.63) is 35.1 Å². The van der Waals surface area contributed by atoms with Crippen LogP contribution >= 0.6 is 0 Å². The molecule has 128 valence electrons. The van der Waals surface area contributed by atoms with Crippen LogP contribution in [-0.2, 0) is 16.0 Å². The first-order chi connectivity index (χ1) is 11.4. The van der Waals surface area contributed by atoms with Gasteiger partial charge in [-0.3, -0.25) is 9.59 Å². The van der Waals surface area contributed by atoms with Gasteiger partial charge in [0.1, 0.15) is 5.58 Å². The Morgan fingerprint density at radius 1 is 1.42 bits per heavy atom. The minimum Gasteiger partial charge on any atom is -0.464 e. The van der Waals surface area contributed by atoms with Crippen LogP contribution in [0.2, 0.25) is 0 Å². The second-order valence-electron chi connectivity index (χ2n) is 6.90. The maximum absolute atomic E-state index is 12.2. The van der Waals surface area contributed by atoms with Crippen LogP contribution in [-0.4, -0.2) is 24.4 Å². The lowest BCUT2D eigenvalue weighted by Crippen LogP contribution is -2.38. The monoisotopic (exact) mass is 328 g/mol. The summed E-state index contributed by atoms with van der Waals surface area (Å²) in [6.45, 7) is 6.89. The number of fused-ring (bicyclic) bond motifs is 1. The number of carbonyl (C=O) groups excluding carboxylic acids is 2. The zero-order valence-electron chi connectivity index (χ0n) is 14.4. The van der Waals surface area contributed by atoms with Crippen molar-refractivity contribution in [3.63, 3.8) is 0 Å². The van der Waals surface area contributed by atoms with Gasteiger partial charge in [-0.15, -0.1) is 0 Å². The third kappa shape index (κ3) is 3.45. The molecule has 0 saturated carbocycles. The largest absolute Gasteiger partial charge is 0.464 e. The fourth-order valence-electron chi connectivity index (χ4n) is 3.31. The summed E-state index contributed by atoms with van der Waals surface area (Å²) in [5, 5.41) is 6.76. The van der Waals surface area contributed by atoms with Gasteiger partial charge in [-0.05, 0) is 42.5 Å². The van der Waals surface area contributed by atoms with Crippen molar-refractivity contribution in [2.24, 2.45) is 0 Å². The summed E-state index contributed by atoms with van der Waals surface area (Å²) in [5.41, 5.74) is 4.21. The highest BCUT2D eigenvalue weighted by Crippen LogP contribution is 2.29.